The van der Waals surface area contributed by atoms with Gasteiger partial charge in [0.1, 0.15) is 5.84 Å². The summed E-state index contributed by atoms with van der Waals surface area (Å²) in [4.78, 5) is 4.24. The molecule has 1 rings (SSSR count). The maximum absolute atomic E-state index is 5.73. The van der Waals surface area contributed by atoms with Gasteiger partial charge in [-0.05, 0) is 24.3 Å². The van der Waals surface area contributed by atoms with Gasteiger partial charge in [0, 0.05) is 10.9 Å². The van der Waals surface area contributed by atoms with Crippen molar-refractivity contribution in [2.24, 2.45) is 16.6 Å². The monoisotopic (exact) mass is 232 g/mol. The predicted molar refractivity (Wildman–Crippen MR) is 64.8 cm³/mol. The Morgan fingerprint density at radius 1 is 1.29 bits per heavy atom. The first kappa shape index (κ1) is 13.3. The predicted octanol–water partition coefficient (Wildman–Crippen LogP) is 3.41. The molecule has 78 valence electrons. The Bertz CT molecular complexity index is 304. The molecule has 0 aromatic heterocycles. The van der Waals surface area contributed by atoms with E-state index < -0.39 is 0 Å². The number of rotatable bonds is 2. The van der Waals surface area contributed by atoms with E-state index in [1.165, 1.54) is 0 Å². The minimum Gasteiger partial charge on any atom is -0.387 e. The second kappa shape index (κ2) is 5.89. The maximum Gasteiger partial charge on any atom is 0.102 e. The van der Waals surface area contributed by atoms with Crippen molar-refractivity contribution < 1.29 is 0 Å². The number of hydrogen-bond donors (Lipinski definition) is 1. The third-order valence-electron chi connectivity index (χ3n) is 1.68. The van der Waals surface area contributed by atoms with Gasteiger partial charge in [0.05, 0.1) is 5.69 Å². The number of benzene rings is 1. The summed E-state index contributed by atoms with van der Waals surface area (Å²) in [5.41, 5.74) is 6.55. The van der Waals surface area contributed by atoms with Crippen LogP contribution >= 0.6 is 24.0 Å². The number of nitrogens with two attached hydrogens (primary N) is 1. The van der Waals surface area contributed by atoms with E-state index in [2.05, 4.69) is 4.99 Å². The van der Waals surface area contributed by atoms with Crippen LogP contribution in [0.2, 0.25) is 5.02 Å². The van der Waals surface area contributed by atoms with Crippen molar-refractivity contribution in [2.45, 2.75) is 13.8 Å². The summed E-state index contributed by atoms with van der Waals surface area (Å²) in [5, 5.41) is 0.710. The van der Waals surface area contributed by atoms with Gasteiger partial charge < -0.3 is 5.73 Å². The van der Waals surface area contributed by atoms with Crippen molar-refractivity contribution in [3.8, 4) is 0 Å². The lowest BCUT2D eigenvalue weighted by atomic mass is 10.2. The summed E-state index contributed by atoms with van der Waals surface area (Å²) < 4.78 is 0. The average molecular weight is 233 g/mol. The summed E-state index contributed by atoms with van der Waals surface area (Å²) in [6.45, 7) is 4.02. The van der Waals surface area contributed by atoms with E-state index in [4.69, 9.17) is 17.3 Å². The summed E-state index contributed by atoms with van der Waals surface area (Å²) in [7, 11) is 0. The van der Waals surface area contributed by atoms with E-state index >= 15 is 0 Å². The molecule has 1 aromatic carbocycles. The molecule has 0 amide bonds. The second-order valence-electron chi connectivity index (χ2n) is 3.17. The van der Waals surface area contributed by atoms with Crippen molar-refractivity contribution in [2.75, 3.05) is 0 Å². The Hall–Kier alpha value is -0.730. The van der Waals surface area contributed by atoms with Gasteiger partial charge >= 0.3 is 0 Å². The van der Waals surface area contributed by atoms with Crippen molar-refractivity contribution in [3.63, 3.8) is 0 Å². The van der Waals surface area contributed by atoms with Gasteiger partial charge in [-0.2, -0.15) is 0 Å². The average Bonchev–Trinajstić information content (AvgIpc) is 2.08. The fourth-order valence-electron chi connectivity index (χ4n) is 0.794. The third-order valence-corrected chi connectivity index (χ3v) is 1.93. The van der Waals surface area contributed by atoms with Gasteiger partial charge in [-0.25, -0.2) is 4.99 Å². The van der Waals surface area contributed by atoms with E-state index in [1.54, 1.807) is 12.1 Å². The van der Waals surface area contributed by atoms with E-state index in [-0.39, 0.29) is 18.3 Å². The summed E-state index contributed by atoms with van der Waals surface area (Å²) in [6.07, 6.45) is 0. The first-order valence-corrected chi connectivity index (χ1v) is 4.57. The Morgan fingerprint density at radius 3 is 2.21 bits per heavy atom. The van der Waals surface area contributed by atoms with Gasteiger partial charge in [-0.15, -0.1) is 12.4 Å². The molecule has 0 saturated carbocycles. The zero-order valence-electron chi connectivity index (χ0n) is 8.20. The molecule has 0 unspecified atom stereocenters. The molecule has 1 aromatic rings. The number of halogens is 2. The van der Waals surface area contributed by atoms with Crippen LogP contribution in [0.3, 0.4) is 0 Å². The summed E-state index contributed by atoms with van der Waals surface area (Å²) in [5.74, 6) is 0.915. The van der Waals surface area contributed by atoms with Crippen LogP contribution in [0.25, 0.3) is 0 Å². The maximum atomic E-state index is 5.73. The molecule has 0 bridgehead atoms. The van der Waals surface area contributed by atoms with Crippen molar-refractivity contribution in [1.29, 1.82) is 0 Å². The van der Waals surface area contributed by atoms with Gasteiger partial charge in [0.2, 0.25) is 0 Å². The molecule has 0 spiro atoms. The molecule has 0 aliphatic carbocycles. The normalized spacial score (nSPS) is 11.3. The molecule has 0 aliphatic rings. The Morgan fingerprint density at radius 2 is 1.79 bits per heavy atom. The van der Waals surface area contributed by atoms with Crippen molar-refractivity contribution >= 4 is 35.5 Å². The zero-order chi connectivity index (χ0) is 9.84. The molecule has 0 atom stereocenters. The van der Waals surface area contributed by atoms with Gasteiger partial charge in [-0.1, -0.05) is 25.4 Å². The standard InChI is InChI=1S/C10H13ClN2.ClH/c1-7(2)10(12)13-9-5-3-8(11)4-6-9;/h3-7H,1-2H3,(H2,12,13);1H. The SMILES string of the molecule is CC(C)C(N)=Nc1ccc(Cl)cc1.Cl. The van der Waals surface area contributed by atoms with E-state index in [1.807, 2.05) is 26.0 Å². The van der Waals surface area contributed by atoms with Crippen LogP contribution in [0.15, 0.2) is 29.3 Å². The first-order chi connectivity index (χ1) is 6.09. The second-order valence-corrected chi connectivity index (χ2v) is 3.60. The molecule has 0 aliphatic heterocycles. The fraction of sp³-hybridized carbons (Fsp3) is 0.300. The van der Waals surface area contributed by atoms with Crippen molar-refractivity contribution in [1.82, 2.24) is 0 Å². The third kappa shape index (κ3) is 3.99. The highest BCUT2D eigenvalue weighted by Gasteiger charge is 1.98. The van der Waals surface area contributed by atoms with E-state index in [9.17, 15) is 0 Å². The molecular formula is C10H14Cl2N2. The summed E-state index contributed by atoms with van der Waals surface area (Å²) in [6, 6.07) is 7.29. The quantitative estimate of drug-likeness (QED) is 0.617. The van der Waals surface area contributed by atoms with Gasteiger partial charge in [0.15, 0.2) is 0 Å². The Kier molecular flexibility index (Phi) is 5.58. The minimum absolute atomic E-state index is 0. The van der Waals surface area contributed by atoms with Gasteiger partial charge in [0.25, 0.3) is 0 Å². The minimum atomic E-state index is 0. The number of hydrogen-bond acceptors (Lipinski definition) is 1. The summed E-state index contributed by atoms with van der Waals surface area (Å²) >= 11 is 5.73. The lowest BCUT2D eigenvalue weighted by Gasteiger charge is -2.03. The van der Waals surface area contributed by atoms with Crippen LogP contribution in [0, 0.1) is 5.92 Å². The Labute approximate surface area is 95.6 Å². The smallest absolute Gasteiger partial charge is 0.102 e. The molecular weight excluding hydrogens is 219 g/mol. The highest BCUT2D eigenvalue weighted by molar-refractivity contribution is 6.30. The molecule has 2 nitrogen and oxygen atoms in total. The molecule has 0 fully saturated rings. The highest BCUT2D eigenvalue weighted by atomic mass is 35.5. The van der Waals surface area contributed by atoms with Crippen LogP contribution in [0.4, 0.5) is 5.69 Å². The number of aliphatic imine (C=N–C) groups is 1. The first-order valence-electron chi connectivity index (χ1n) is 4.19. The lowest BCUT2D eigenvalue weighted by Crippen LogP contribution is -2.17. The van der Waals surface area contributed by atoms with Crippen LogP contribution in [-0.4, -0.2) is 5.84 Å². The van der Waals surface area contributed by atoms with E-state index in [0.717, 1.165) is 5.69 Å². The zero-order valence-corrected chi connectivity index (χ0v) is 9.77. The number of nitrogens with zero attached hydrogens (tertiary/aromatic N) is 1. The molecule has 2 N–H and O–H groups in total. The molecule has 14 heavy (non-hydrogen) atoms. The molecule has 4 heteroatoms. The fourth-order valence-corrected chi connectivity index (χ4v) is 0.920. The molecule has 0 heterocycles. The van der Waals surface area contributed by atoms with Crippen LogP contribution < -0.4 is 5.73 Å². The van der Waals surface area contributed by atoms with Crippen LogP contribution in [0.1, 0.15) is 13.8 Å². The van der Waals surface area contributed by atoms with Crippen molar-refractivity contribution in [3.05, 3.63) is 29.3 Å². The molecule has 0 saturated heterocycles. The van der Waals surface area contributed by atoms with E-state index in [0.29, 0.717) is 10.9 Å². The molecule has 0 radical (unpaired) electrons. The largest absolute Gasteiger partial charge is 0.387 e. The highest BCUT2D eigenvalue weighted by Crippen LogP contribution is 2.16. The lowest BCUT2D eigenvalue weighted by molar-refractivity contribution is 0.873. The van der Waals surface area contributed by atoms with Crippen LogP contribution in [-0.2, 0) is 0 Å². The topological polar surface area (TPSA) is 38.4 Å². The number of amidine groups is 1. The Balaban J connectivity index is 0.00000169. The van der Waals surface area contributed by atoms with Gasteiger partial charge in [-0.3, -0.25) is 0 Å². The van der Waals surface area contributed by atoms with Crippen LogP contribution in [0.5, 0.6) is 0 Å².